The Kier molecular flexibility index (Phi) is 10.4. The van der Waals surface area contributed by atoms with Crippen LogP contribution in [0.15, 0.2) is 36.8 Å². The minimum absolute atomic E-state index is 0.0510. The Labute approximate surface area is 304 Å². The van der Waals surface area contributed by atoms with Gasteiger partial charge in [0.05, 0.1) is 5.52 Å². The minimum Gasteiger partial charge on any atom is -0.355 e. The van der Waals surface area contributed by atoms with Crippen LogP contribution >= 0.6 is 0 Å². The number of piperidine rings is 1. The maximum atomic E-state index is 14.5. The molecule has 282 valence electrons. The van der Waals surface area contributed by atoms with E-state index in [-0.39, 0.29) is 48.6 Å². The highest BCUT2D eigenvalue weighted by molar-refractivity contribution is 6.07. The summed E-state index contributed by atoms with van der Waals surface area (Å²) in [6, 6.07) is 3.75. The molecule has 1 saturated heterocycles. The van der Waals surface area contributed by atoms with E-state index in [0.29, 0.717) is 40.7 Å². The van der Waals surface area contributed by atoms with Gasteiger partial charge in [0.2, 0.25) is 17.7 Å². The number of fused-ring (bicyclic) bond motifs is 2. The van der Waals surface area contributed by atoms with E-state index >= 15 is 0 Å². The first-order valence-electron chi connectivity index (χ1n) is 18.0. The summed E-state index contributed by atoms with van der Waals surface area (Å²) in [5.74, 6) is -0.926. The van der Waals surface area contributed by atoms with Crippen molar-refractivity contribution in [2.24, 2.45) is 11.3 Å². The third kappa shape index (κ3) is 7.67. The fraction of sp³-hybridized carbons (Fsp3) is 0.514. The molecule has 1 aliphatic carbocycles. The lowest BCUT2D eigenvalue weighted by Crippen LogP contribution is -2.47. The fourth-order valence-electron chi connectivity index (χ4n) is 7.78. The molecule has 6 rings (SSSR count). The Hall–Kier alpha value is -5.15. The summed E-state index contributed by atoms with van der Waals surface area (Å²) >= 11 is 0. The quantitative estimate of drug-likeness (QED) is 0.166. The van der Waals surface area contributed by atoms with Crippen LogP contribution in [0.4, 0.5) is 19.0 Å². The zero-order valence-corrected chi connectivity index (χ0v) is 30.5. The lowest BCUT2D eigenvalue weighted by atomic mass is 9.95. The normalized spacial score (nSPS) is 20.8. The first kappa shape index (κ1) is 37.6. The number of unbranched alkanes of at least 4 members (excludes halogenated alkanes) is 1. The fourth-order valence-corrected chi connectivity index (χ4v) is 7.78. The van der Waals surface area contributed by atoms with Gasteiger partial charge in [0.1, 0.15) is 30.6 Å². The van der Waals surface area contributed by atoms with Gasteiger partial charge in [-0.3, -0.25) is 28.5 Å². The Bertz CT molecular complexity index is 2040. The molecule has 3 aromatic heterocycles. The highest BCUT2D eigenvalue weighted by Gasteiger charge is 2.72. The number of ketones is 1. The number of nitrogens with one attached hydrogen (secondary N) is 2. The van der Waals surface area contributed by atoms with Gasteiger partial charge in [0.25, 0.3) is 0 Å². The Balaban J connectivity index is 1.35. The molecule has 4 atom stereocenters. The Morgan fingerprint density at radius 2 is 1.77 bits per heavy atom. The topological polar surface area (TPSA) is 157 Å². The third-order valence-electron chi connectivity index (χ3n) is 10.4. The second-order valence-corrected chi connectivity index (χ2v) is 14.2. The second kappa shape index (κ2) is 14.7. The van der Waals surface area contributed by atoms with Crippen LogP contribution in [-0.2, 0) is 33.9 Å². The zero-order valence-electron chi connectivity index (χ0n) is 30.5. The second-order valence-electron chi connectivity index (χ2n) is 14.2. The summed E-state index contributed by atoms with van der Waals surface area (Å²) in [5, 5.41) is 14.7. The van der Waals surface area contributed by atoms with Crippen LogP contribution in [0.1, 0.15) is 81.7 Å². The van der Waals surface area contributed by atoms with Crippen LogP contribution in [0, 0.1) is 18.3 Å². The van der Waals surface area contributed by atoms with Gasteiger partial charge in [0.15, 0.2) is 11.6 Å². The predicted octanol–water partition coefficient (Wildman–Crippen LogP) is 5.27. The van der Waals surface area contributed by atoms with Crippen molar-refractivity contribution in [1.82, 2.24) is 39.7 Å². The number of nitrogens with zero attached hydrogens (tertiary/aromatic N) is 7. The highest BCUT2D eigenvalue weighted by atomic mass is 19.4. The molecule has 16 heteroatoms. The number of carbonyl (C=O) groups excluding carboxylic acids is 4. The van der Waals surface area contributed by atoms with E-state index in [0.717, 1.165) is 35.7 Å². The Morgan fingerprint density at radius 1 is 1.04 bits per heavy atom. The minimum atomic E-state index is -4.50. The third-order valence-corrected chi connectivity index (χ3v) is 10.4. The monoisotopic (exact) mass is 735 g/mol. The number of benzene rings is 1. The largest absolute Gasteiger partial charge is 0.408 e. The number of amides is 3. The van der Waals surface area contributed by atoms with Crippen LogP contribution in [0.2, 0.25) is 0 Å². The maximum Gasteiger partial charge on any atom is 0.408 e. The molecule has 3 amide bonds. The molecule has 4 aromatic rings. The highest BCUT2D eigenvalue weighted by Crippen LogP contribution is 2.64. The smallest absolute Gasteiger partial charge is 0.355 e. The molecule has 13 nitrogen and oxygen atoms in total. The molecular weight excluding hydrogens is 691 g/mol. The number of Topliss-reactive ketones (excluding diaryl/α,β-unsaturated/α-hetero) is 1. The van der Waals surface area contributed by atoms with Crippen molar-refractivity contribution in [1.29, 1.82) is 0 Å². The molecule has 53 heavy (non-hydrogen) atoms. The van der Waals surface area contributed by atoms with Crippen molar-refractivity contribution in [2.75, 3.05) is 11.9 Å². The molecule has 1 aromatic carbocycles. The van der Waals surface area contributed by atoms with Crippen molar-refractivity contribution in [3.63, 3.8) is 0 Å². The number of alkyl halides is 3. The van der Waals surface area contributed by atoms with Crippen LogP contribution in [0.25, 0.3) is 22.0 Å². The Morgan fingerprint density at radius 3 is 2.43 bits per heavy atom. The van der Waals surface area contributed by atoms with E-state index in [1.807, 2.05) is 26.0 Å². The van der Waals surface area contributed by atoms with Gasteiger partial charge in [0, 0.05) is 67.0 Å². The molecule has 0 radical (unpaired) electrons. The van der Waals surface area contributed by atoms with Crippen molar-refractivity contribution >= 4 is 40.2 Å². The number of anilines is 1. The molecule has 2 aliphatic rings. The summed E-state index contributed by atoms with van der Waals surface area (Å²) < 4.78 is 41.1. The molecular formula is C37H44F3N9O4. The summed E-state index contributed by atoms with van der Waals surface area (Å²) in [7, 11) is 0. The molecule has 1 aliphatic heterocycles. The summed E-state index contributed by atoms with van der Waals surface area (Å²) in [6.07, 6.45) is 3.70. The number of hydrogen-bond acceptors (Lipinski definition) is 8. The van der Waals surface area contributed by atoms with Gasteiger partial charge < -0.3 is 15.5 Å². The summed E-state index contributed by atoms with van der Waals surface area (Å²) in [6.45, 7) is 7.82. The maximum absolute atomic E-state index is 14.5. The van der Waals surface area contributed by atoms with Crippen molar-refractivity contribution in [3.05, 3.63) is 53.9 Å². The summed E-state index contributed by atoms with van der Waals surface area (Å²) in [4.78, 5) is 64.1. The van der Waals surface area contributed by atoms with E-state index < -0.39 is 42.0 Å². The van der Waals surface area contributed by atoms with Crippen LogP contribution in [-0.4, -0.2) is 82.7 Å². The number of likely N-dealkylation sites (tertiary alicyclic amines) is 1. The van der Waals surface area contributed by atoms with Gasteiger partial charge in [-0.25, -0.2) is 9.97 Å². The van der Waals surface area contributed by atoms with Gasteiger partial charge in [-0.1, -0.05) is 27.2 Å². The van der Waals surface area contributed by atoms with Crippen LogP contribution in [0.5, 0.6) is 0 Å². The van der Waals surface area contributed by atoms with Gasteiger partial charge in [-0.15, -0.1) is 0 Å². The standard InChI is InChI=1S/C37H44F3N9O4/c1-6-8-10-24-13-25(26-16-41-23(5)42-17-26)14-27-32(22(4)50)46-48(33(24)27)18-31(52)49-28(15-36(21(3)34(36)49)19-43-30(51)9-7-2)35(53)44-29-11-12-47(45-29)20-37(38,39)40/h11-14,16-17,21,28,34H,6-10,15,18-20H2,1-5H3,(H,43,51)(H,44,45,53)/t21-,28-,34?,36+/m0/s1. The number of rotatable bonds is 14. The predicted molar refractivity (Wildman–Crippen MR) is 190 cm³/mol. The van der Waals surface area contributed by atoms with E-state index in [2.05, 4.69) is 37.7 Å². The first-order chi connectivity index (χ1) is 25.2. The van der Waals surface area contributed by atoms with E-state index in [4.69, 9.17) is 0 Å². The molecule has 1 saturated carbocycles. The molecule has 0 spiro atoms. The van der Waals surface area contributed by atoms with Gasteiger partial charge in [-0.05, 0) is 61.8 Å². The lowest BCUT2D eigenvalue weighted by molar-refractivity contribution is -0.142. The van der Waals surface area contributed by atoms with E-state index in [9.17, 15) is 32.3 Å². The zero-order chi connectivity index (χ0) is 38.2. The lowest BCUT2D eigenvalue weighted by Gasteiger charge is -2.28. The molecule has 1 unspecified atom stereocenters. The SMILES string of the molecule is CCCCc1cc(-c2cnc(C)nc2)cc2c(C(C)=O)nn(CC(=O)N3C4[C@H](C)[C@]4(CNC(=O)CCC)C[C@H]3C(=O)Nc3ccn(CC(F)(F)F)n3)c12. The first-order valence-corrected chi connectivity index (χ1v) is 18.0. The number of hydrogen-bond donors (Lipinski definition) is 2. The molecule has 4 heterocycles. The van der Waals surface area contributed by atoms with E-state index in [1.165, 1.54) is 17.9 Å². The van der Waals surface area contributed by atoms with Crippen LogP contribution in [0.3, 0.4) is 0 Å². The van der Waals surface area contributed by atoms with Gasteiger partial charge in [-0.2, -0.15) is 23.4 Å². The molecule has 0 bridgehead atoms. The number of aromatic nitrogens is 6. The number of carbonyl (C=O) groups is 4. The average molecular weight is 736 g/mol. The van der Waals surface area contributed by atoms with Crippen molar-refractivity contribution < 1.29 is 32.3 Å². The van der Waals surface area contributed by atoms with E-state index in [1.54, 1.807) is 24.0 Å². The molecule has 2 fully saturated rings. The number of halogens is 3. The van der Waals surface area contributed by atoms with Crippen molar-refractivity contribution in [2.45, 2.75) is 104 Å². The summed E-state index contributed by atoms with van der Waals surface area (Å²) in [5.41, 5.74) is 2.75. The van der Waals surface area contributed by atoms with Gasteiger partial charge >= 0.3 is 6.18 Å². The van der Waals surface area contributed by atoms with Crippen molar-refractivity contribution in [3.8, 4) is 11.1 Å². The average Bonchev–Trinajstić information content (AvgIpc) is 3.51. The number of aryl methyl sites for hydroxylation is 2. The van der Waals surface area contributed by atoms with Crippen LogP contribution < -0.4 is 10.6 Å². The molecule has 2 N–H and O–H groups in total.